The van der Waals surface area contributed by atoms with Crippen molar-refractivity contribution in [1.29, 1.82) is 0 Å². The van der Waals surface area contributed by atoms with Crippen LogP contribution in [0.3, 0.4) is 0 Å². The first-order chi connectivity index (χ1) is 11.1. The fraction of sp³-hybridized carbons (Fsp3) is 0.438. The summed E-state index contributed by atoms with van der Waals surface area (Å²) in [7, 11) is 1.59. The van der Waals surface area contributed by atoms with E-state index in [0.29, 0.717) is 24.4 Å². The third-order valence-electron chi connectivity index (χ3n) is 4.19. The van der Waals surface area contributed by atoms with Gasteiger partial charge in [0.15, 0.2) is 5.82 Å². The molecule has 1 saturated heterocycles. The maximum Gasteiger partial charge on any atom is 0.256 e. The van der Waals surface area contributed by atoms with E-state index in [-0.39, 0.29) is 5.91 Å². The normalized spacial score (nSPS) is 17.0. The fourth-order valence-electron chi connectivity index (χ4n) is 2.81. The van der Waals surface area contributed by atoms with Gasteiger partial charge in [-0.3, -0.25) is 9.89 Å². The molecule has 0 bridgehead atoms. The van der Waals surface area contributed by atoms with Crippen LogP contribution in [0.1, 0.15) is 18.7 Å². The topological polar surface area (TPSA) is 91.9 Å². The fourth-order valence-corrected chi connectivity index (χ4v) is 2.81. The number of ether oxygens (including phenoxy) is 1. The molecule has 7 nitrogen and oxygen atoms in total. The molecule has 1 amide bonds. The summed E-state index contributed by atoms with van der Waals surface area (Å²) in [6.07, 6.45) is 1.32. The molecule has 1 aliphatic heterocycles. The summed E-state index contributed by atoms with van der Waals surface area (Å²) in [6.45, 7) is 3.40. The number of carbonyl (C=O) groups excluding carboxylic acids is 1. The molecule has 2 aromatic rings. The molecule has 1 fully saturated rings. The van der Waals surface area contributed by atoms with Gasteiger partial charge in [-0.2, -0.15) is 5.10 Å². The molecule has 0 radical (unpaired) electrons. The molecule has 0 aliphatic carbocycles. The van der Waals surface area contributed by atoms with Gasteiger partial charge in [0.25, 0.3) is 5.91 Å². The highest BCUT2D eigenvalue weighted by atomic mass is 16.5. The van der Waals surface area contributed by atoms with Gasteiger partial charge in [-0.05, 0) is 45.0 Å². The summed E-state index contributed by atoms with van der Waals surface area (Å²) in [5.41, 5.74) is 0.802. The van der Waals surface area contributed by atoms with E-state index in [4.69, 9.17) is 4.74 Å². The zero-order valence-corrected chi connectivity index (χ0v) is 13.3. The Bertz CT molecular complexity index is 691. The Morgan fingerprint density at radius 2 is 2.13 bits per heavy atom. The number of H-pyrrole nitrogens is 1. The summed E-state index contributed by atoms with van der Waals surface area (Å²) >= 11 is 0. The SMILES string of the molecule is COC1(C(=O)Nc2cccc(-c3n[nH]c(C)n3)c2)CCNCC1. The highest BCUT2D eigenvalue weighted by Crippen LogP contribution is 2.26. The van der Waals surface area contributed by atoms with Crippen LogP contribution in [-0.2, 0) is 9.53 Å². The number of methoxy groups -OCH3 is 1. The second kappa shape index (κ2) is 6.47. The Balaban J connectivity index is 1.78. The highest BCUT2D eigenvalue weighted by Gasteiger charge is 2.39. The predicted octanol–water partition coefficient (Wildman–Crippen LogP) is 1.49. The van der Waals surface area contributed by atoms with Crippen LogP contribution in [0, 0.1) is 6.92 Å². The quantitative estimate of drug-likeness (QED) is 0.795. The van der Waals surface area contributed by atoms with E-state index in [1.165, 1.54) is 0 Å². The molecule has 1 aliphatic rings. The minimum absolute atomic E-state index is 0.107. The van der Waals surface area contributed by atoms with E-state index in [1.54, 1.807) is 7.11 Å². The Labute approximate surface area is 134 Å². The summed E-state index contributed by atoms with van der Waals surface area (Å²) in [6, 6.07) is 7.50. The third kappa shape index (κ3) is 3.25. The number of benzene rings is 1. The average molecular weight is 315 g/mol. The summed E-state index contributed by atoms with van der Waals surface area (Å²) in [5.74, 6) is 1.26. The largest absolute Gasteiger partial charge is 0.368 e. The molecular formula is C16H21N5O2. The first-order valence-corrected chi connectivity index (χ1v) is 7.70. The maximum atomic E-state index is 12.7. The molecule has 0 saturated carbocycles. The van der Waals surface area contributed by atoms with Crippen molar-refractivity contribution >= 4 is 11.6 Å². The zero-order chi connectivity index (χ0) is 16.3. The summed E-state index contributed by atoms with van der Waals surface area (Å²) in [4.78, 5) is 17.0. The molecule has 0 unspecified atom stereocenters. The number of aromatic amines is 1. The molecule has 3 rings (SSSR count). The van der Waals surface area contributed by atoms with Crippen LogP contribution in [-0.4, -0.2) is 46.9 Å². The van der Waals surface area contributed by atoms with Crippen molar-refractivity contribution < 1.29 is 9.53 Å². The van der Waals surface area contributed by atoms with Crippen LogP contribution < -0.4 is 10.6 Å². The number of rotatable bonds is 4. The number of anilines is 1. The minimum atomic E-state index is -0.761. The van der Waals surface area contributed by atoms with Crippen molar-refractivity contribution in [2.75, 3.05) is 25.5 Å². The lowest BCUT2D eigenvalue weighted by Gasteiger charge is -2.34. The molecule has 1 aromatic heterocycles. The van der Waals surface area contributed by atoms with Crippen LogP contribution in [0.15, 0.2) is 24.3 Å². The molecule has 0 spiro atoms. The smallest absolute Gasteiger partial charge is 0.256 e. The van der Waals surface area contributed by atoms with Crippen molar-refractivity contribution in [2.45, 2.75) is 25.4 Å². The second-order valence-corrected chi connectivity index (χ2v) is 5.73. The van der Waals surface area contributed by atoms with Crippen molar-refractivity contribution in [3.63, 3.8) is 0 Å². The molecular weight excluding hydrogens is 294 g/mol. The minimum Gasteiger partial charge on any atom is -0.368 e. The predicted molar refractivity (Wildman–Crippen MR) is 87.0 cm³/mol. The Hall–Kier alpha value is -2.25. The third-order valence-corrected chi connectivity index (χ3v) is 4.19. The van der Waals surface area contributed by atoms with Crippen LogP contribution in [0.5, 0.6) is 0 Å². The van der Waals surface area contributed by atoms with Gasteiger partial charge in [-0.25, -0.2) is 4.98 Å². The lowest BCUT2D eigenvalue weighted by molar-refractivity contribution is -0.140. The Morgan fingerprint density at radius 3 is 2.78 bits per heavy atom. The number of amides is 1. The number of hydrogen-bond acceptors (Lipinski definition) is 5. The van der Waals surface area contributed by atoms with Crippen LogP contribution in [0.2, 0.25) is 0 Å². The number of piperidine rings is 1. The molecule has 23 heavy (non-hydrogen) atoms. The Kier molecular flexibility index (Phi) is 4.40. The highest BCUT2D eigenvalue weighted by molar-refractivity contribution is 5.97. The molecule has 7 heteroatoms. The van der Waals surface area contributed by atoms with Gasteiger partial charge in [-0.15, -0.1) is 0 Å². The van der Waals surface area contributed by atoms with Crippen LogP contribution in [0.4, 0.5) is 5.69 Å². The zero-order valence-electron chi connectivity index (χ0n) is 13.3. The standard InChI is InChI=1S/C16H21N5O2/c1-11-18-14(21-20-11)12-4-3-5-13(10-12)19-15(22)16(23-2)6-8-17-9-7-16/h3-5,10,17H,6-9H2,1-2H3,(H,19,22)(H,18,20,21). The number of nitrogens with one attached hydrogen (secondary N) is 3. The first kappa shape index (κ1) is 15.6. The van der Waals surface area contributed by atoms with Gasteiger partial charge in [0.1, 0.15) is 11.4 Å². The number of hydrogen-bond donors (Lipinski definition) is 3. The van der Waals surface area contributed by atoms with Gasteiger partial charge in [-0.1, -0.05) is 12.1 Å². The van der Waals surface area contributed by atoms with Gasteiger partial charge >= 0.3 is 0 Å². The monoisotopic (exact) mass is 315 g/mol. The van der Waals surface area contributed by atoms with E-state index in [0.717, 1.165) is 24.5 Å². The number of carbonyl (C=O) groups is 1. The van der Waals surface area contributed by atoms with E-state index in [9.17, 15) is 4.79 Å². The van der Waals surface area contributed by atoms with E-state index < -0.39 is 5.60 Å². The van der Waals surface area contributed by atoms with E-state index >= 15 is 0 Å². The molecule has 122 valence electrons. The Morgan fingerprint density at radius 1 is 1.35 bits per heavy atom. The van der Waals surface area contributed by atoms with E-state index in [1.807, 2.05) is 31.2 Å². The number of aryl methyl sites for hydroxylation is 1. The van der Waals surface area contributed by atoms with Gasteiger partial charge in [0.05, 0.1) is 0 Å². The number of nitrogens with zero attached hydrogens (tertiary/aromatic N) is 2. The summed E-state index contributed by atoms with van der Waals surface area (Å²) in [5, 5.41) is 13.2. The van der Waals surface area contributed by atoms with Crippen molar-refractivity contribution in [3.8, 4) is 11.4 Å². The molecule has 3 N–H and O–H groups in total. The van der Waals surface area contributed by atoms with Crippen LogP contribution >= 0.6 is 0 Å². The summed E-state index contributed by atoms with van der Waals surface area (Å²) < 4.78 is 5.55. The maximum absolute atomic E-state index is 12.7. The number of aromatic nitrogens is 3. The average Bonchev–Trinajstić information content (AvgIpc) is 3.02. The molecule has 2 heterocycles. The van der Waals surface area contributed by atoms with Crippen LogP contribution in [0.25, 0.3) is 11.4 Å². The molecule has 1 aromatic carbocycles. The lowest BCUT2D eigenvalue weighted by atomic mass is 9.91. The van der Waals surface area contributed by atoms with Crippen molar-refractivity contribution in [1.82, 2.24) is 20.5 Å². The molecule has 0 atom stereocenters. The van der Waals surface area contributed by atoms with Crippen molar-refractivity contribution in [3.05, 3.63) is 30.1 Å². The van der Waals surface area contributed by atoms with Gasteiger partial charge in [0.2, 0.25) is 0 Å². The van der Waals surface area contributed by atoms with Gasteiger partial charge in [0, 0.05) is 18.4 Å². The second-order valence-electron chi connectivity index (χ2n) is 5.73. The van der Waals surface area contributed by atoms with Crippen molar-refractivity contribution in [2.24, 2.45) is 0 Å². The van der Waals surface area contributed by atoms with E-state index in [2.05, 4.69) is 25.8 Å². The van der Waals surface area contributed by atoms with Gasteiger partial charge < -0.3 is 15.4 Å². The first-order valence-electron chi connectivity index (χ1n) is 7.70. The lowest BCUT2D eigenvalue weighted by Crippen LogP contribution is -2.51.